The zero-order valence-electron chi connectivity index (χ0n) is 14.2. The predicted molar refractivity (Wildman–Crippen MR) is 98.6 cm³/mol. The van der Waals surface area contributed by atoms with Crippen molar-refractivity contribution in [1.82, 2.24) is 0 Å². The molecular weight excluding hydrogens is 326 g/mol. The van der Waals surface area contributed by atoms with Crippen molar-refractivity contribution in [3.05, 3.63) is 95.6 Å². The number of para-hydroxylation sites is 1. The summed E-state index contributed by atoms with van der Waals surface area (Å²) in [7, 11) is 0. The lowest BCUT2D eigenvalue weighted by atomic mass is 10.1. The van der Waals surface area contributed by atoms with Crippen molar-refractivity contribution in [2.24, 2.45) is 0 Å². The predicted octanol–water partition coefficient (Wildman–Crippen LogP) is 4.40. The second kappa shape index (κ2) is 8.70. The summed E-state index contributed by atoms with van der Waals surface area (Å²) in [5.74, 6) is 0.887. The Morgan fingerprint density at radius 2 is 1.35 bits per heavy atom. The Hall–Kier alpha value is -3.29. The van der Waals surface area contributed by atoms with E-state index >= 15 is 0 Å². The van der Waals surface area contributed by atoms with Crippen LogP contribution < -0.4 is 9.47 Å². The summed E-state index contributed by atoms with van der Waals surface area (Å²) in [6, 6.07) is 26.5. The van der Waals surface area contributed by atoms with E-state index in [9.17, 15) is 5.11 Å². The lowest BCUT2D eigenvalue weighted by Crippen LogP contribution is -2.05. The number of rotatable bonds is 7. The van der Waals surface area contributed by atoms with Crippen molar-refractivity contribution in [2.45, 2.75) is 19.3 Å². The molecule has 0 saturated heterocycles. The van der Waals surface area contributed by atoms with E-state index in [0.29, 0.717) is 30.3 Å². The van der Waals surface area contributed by atoms with Crippen LogP contribution in [0.15, 0.2) is 78.9 Å². The highest BCUT2D eigenvalue weighted by atomic mass is 16.5. The van der Waals surface area contributed by atoms with Gasteiger partial charge in [-0.15, -0.1) is 0 Å². The average Bonchev–Trinajstić information content (AvgIpc) is 2.71. The van der Waals surface area contributed by atoms with Crippen LogP contribution in [-0.2, 0) is 13.2 Å². The van der Waals surface area contributed by atoms with Crippen LogP contribution in [0.5, 0.6) is 11.5 Å². The van der Waals surface area contributed by atoms with Gasteiger partial charge in [0.05, 0.1) is 6.07 Å². The summed E-state index contributed by atoms with van der Waals surface area (Å²) in [5, 5.41) is 19.1. The standard InChI is InChI=1S/C22H19NO3/c23-14-20(24)19-12-7-13-21(25-15-17-8-3-1-4-9-17)22(19)26-16-18-10-5-2-6-11-18/h1-13,20,24H,15-16H2. The maximum absolute atomic E-state index is 10.0. The minimum Gasteiger partial charge on any atom is -0.485 e. The summed E-state index contributed by atoms with van der Waals surface area (Å²) in [6.45, 7) is 0.687. The zero-order chi connectivity index (χ0) is 18.2. The highest BCUT2D eigenvalue weighted by Gasteiger charge is 2.18. The zero-order valence-corrected chi connectivity index (χ0v) is 14.2. The molecule has 0 saturated carbocycles. The van der Waals surface area contributed by atoms with Crippen LogP contribution in [0.25, 0.3) is 0 Å². The normalized spacial score (nSPS) is 11.4. The molecule has 1 atom stereocenters. The molecule has 3 aromatic rings. The molecule has 3 rings (SSSR count). The molecule has 0 aromatic heterocycles. The van der Waals surface area contributed by atoms with Gasteiger partial charge in [0.2, 0.25) is 0 Å². The lowest BCUT2D eigenvalue weighted by Gasteiger charge is -2.17. The second-order valence-electron chi connectivity index (χ2n) is 5.75. The number of hydrogen-bond donors (Lipinski definition) is 1. The van der Waals surface area contributed by atoms with Gasteiger partial charge in [-0.1, -0.05) is 72.8 Å². The van der Waals surface area contributed by atoms with Gasteiger partial charge in [0.15, 0.2) is 17.6 Å². The minimum absolute atomic E-state index is 0.317. The molecule has 130 valence electrons. The third kappa shape index (κ3) is 4.41. The Bertz CT molecular complexity index is 873. The molecule has 3 aromatic carbocycles. The topological polar surface area (TPSA) is 62.5 Å². The molecule has 0 heterocycles. The van der Waals surface area contributed by atoms with E-state index in [1.165, 1.54) is 0 Å². The van der Waals surface area contributed by atoms with Gasteiger partial charge in [0.25, 0.3) is 0 Å². The number of ether oxygens (including phenoxy) is 2. The fourth-order valence-electron chi connectivity index (χ4n) is 2.55. The van der Waals surface area contributed by atoms with Gasteiger partial charge in [-0.25, -0.2) is 0 Å². The van der Waals surface area contributed by atoms with Gasteiger partial charge in [-0.2, -0.15) is 5.26 Å². The number of nitriles is 1. The van der Waals surface area contributed by atoms with E-state index in [1.54, 1.807) is 18.2 Å². The third-order valence-corrected chi connectivity index (χ3v) is 3.89. The number of nitrogens with zero attached hydrogens (tertiary/aromatic N) is 1. The molecule has 26 heavy (non-hydrogen) atoms. The Kier molecular flexibility index (Phi) is 5.87. The van der Waals surface area contributed by atoms with E-state index < -0.39 is 6.10 Å². The van der Waals surface area contributed by atoms with Crippen molar-refractivity contribution < 1.29 is 14.6 Å². The smallest absolute Gasteiger partial charge is 0.169 e. The lowest BCUT2D eigenvalue weighted by molar-refractivity contribution is 0.214. The van der Waals surface area contributed by atoms with Crippen LogP contribution in [0.4, 0.5) is 0 Å². The molecule has 0 fully saturated rings. The molecule has 4 nitrogen and oxygen atoms in total. The molecule has 0 spiro atoms. The molecule has 0 radical (unpaired) electrons. The second-order valence-corrected chi connectivity index (χ2v) is 5.75. The first-order valence-corrected chi connectivity index (χ1v) is 8.32. The van der Waals surface area contributed by atoms with Crippen molar-refractivity contribution in [2.75, 3.05) is 0 Å². The van der Waals surface area contributed by atoms with Crippen LogP contribution >= 0.6 is 0 Å². The Morgan fingerprint density at radius 3 is 1.92 bits per heavy atom. The fraction of sp³-hybridized carbons (Fsp3) is 0.136. The number of hydrogen-bond acceptors (Lipinski definition) is 4. The van der Waals surface area contributed by atoms with E-state index in [1.807, 2.05) is 66.7 Å². The summed E-state index contributed by atoms with van der Waals surface area (Å²) in [6.07, 6.45) is -1.28. The highest BCUT2D eigenvalue weighted by molar-refractivity contribution is 5.49. The monoisotopic (exact) mass is 345 g/mol. The van der Waals surface area contributed by atoms with Crippen molar-refractivity contribution >= 4 is 0 Å². The van der Waals surface area contributed by atoms with Gasteiger partial charge in [0, 0.05) is 5.56 Å². The molecular formula is C22H19NO3. The molecule has 0 bridgehead atoms. The minimum atomic E-state index is -1.28. The van der Waals surface area contributed by atoms with Crippen molar-refractivity contribution in [3.63, 3.8) is 0 Å². The molecule has 0 amide bonds. The van der Waals surface area contributed by atoms with E-state index in [-0.39, 0.29) is 0 Å². The SMILES string of the molecule is N#CC(O)c1cccc(OCc2ccccc2)c1OCc1ccccc1. The maximum Gasteiger partial charge on any atom is 0.169 e. The molecule has 0 aliphatic rings. The van der Waals surface area contributed by atoms with Crippen LogP contribution in [0.3, 0.4) is 0 Å². The van der Waals surface area contributed by atoms with E-state index in [2.05, 4.69) is 0 Å². The summed E-state index contributed by atoms with van der Waals surface area (Å²) >= 11 is 0. The molecule has 1 N–H and O–H groups in total. The number of benzene rings is 3. The van der Waals surface area contributed by atoms with Crippen LogP contribution in [-0.4, -0.2) is 5.11 Å². The van der Waals surface area contributed by atoms with E-state index in [4.69, 9.17) is 14.7 Å². The first-order chi connectivity index (χ1) is 12.8. The first kappa shape index (κ1) is 17.5. The summed E-state index contributed by atoms with van der Waals surface area (Å²) < 4.78 is 11.8. The Balaban J connectivity index is 1.84. The molecule has 0 aliphatic carbocycles. The quantitative estimate of drug-likeness (QED) is 0.645. The van der Waals surface area contributed by atoms with Crippen LogP contribution in [0.1, 0.15) is 22.8 Å². The van der Waals surface area contributed by atoms with Gasteiger partial charge in [-0.05, 0) is 17.2 Å². The maximum atomic E-state index is 10.0. The molecule has 1 unspecified atom stereocenters. The van der Waals surface area contributed by atoms with Gasteiger partial charge >= 0.3 is 0 Å². The number of aliphatic hydroxyl groups is 1. The van der Waals surface area contributed by atoms with E-state index in [0.717, 1.165) is 11.1 Å². The van der Waals surface area contributed by atoms with Gasteiger partial charge in [-0.3, -0.25) is 0 Å². The van der Waals surface area contributed by atoms with Crippen LogP contribution in [0, 0.1) is 11.3 Å². The Morgan fingerprint density at radius 1 is 0.769 bits per heavy atom. The molecule has 4 heteroatoms. The Labute approximate surface area is 152 Å². The largest absolute Gasteiger partial charge is 0.485 e. The molecule has 0 aliphatic heterocycles. The summed E-state index contributed by atoms with van der Waals surface area (Å²) in [4.78, 5) is 0. The van der Waals surface area contributed by atoms with Gasteiger partial charge < -0.3 is 14.6 Å². The van der Waals surface area contributed by atoms with Gasteiger partial charge in [0.1, 0.15) is 13.2 Å². The summed E-state index contributed by atoms with van der Waals surface area (Å²) in [5.41, 5.74) is 2.41. The highest BCUT2D eigenvalue weighted by Crippen LogP contribution is 2.36. The first-order valence-electron chi connectivity index (χ1n) is 8.32. The fourth-order valence-corrected chi connectivity index (χ4v) is 2.55. The third-order valence-electron chi connectivity index (χ3n) is 3.89. The van der Waals surface area contributed by atoms with Crippen LogP contribution in [0.2, 0.25) is 0 Å². The number of aliphatic hydroxyl groups excluding tert-OH is 1. The van der Waals surface area contributed by atoms with Crippen molar-refractivity contribution in [3.8, 4) is 17.6 Å². The van der Waals surface area contributed by atoms with Crippen molar-refractivity contribution in [1.29, 1.82) is 5.26 Å². The average molecular weight is 345 g/mol.